The van der Waals surface area contributed by atoms with Gasteiger partial charge in [0.25, 0.3) is 5.56 Å². The molecule has 0 aliphatic rings. The minimum absolute atomic E-state index is 0.407. The van der Waals surface area contributed by atoms with Crippen LogP contribution >= 0.6 is 0 Å². The Morgan fingerprint density at radius 2 is 1.75 bits per heavy atom. The van der Waals surface area contributed by atoms with E-state index in [-0.39, 0.29) is 0 Å². The van der Waals surface area contributed by atoms with Crippen LogP contribution in [-0.2, 0) is 0 Å². The summed E-state index contributed by atoms with van der Waals surface area (Å²) >= 11 is 0. The monoisotopic (exact) mass is 160 g/mol. The molecule has 0 atom stereocenters. The highest BCUT2D eigenvalue weighted by molar-refractivity contribution is 5.75. The van der Waals surface area contributed by atoms with Crippen molar-refractivity contribution >= 4 is 10.9 Å². The lowest BCUT2D eigenvalue weighted by atomic mass is 10.2. The van der Waals surface area contributed by atoms with Gasteiger partial charge in [-0.05, 0) is 22.6 Å². The zero-order chi connectivity index (χ0) is 8.39. The molecule has 0 radical (unpaired) electrons. The molecule has 0 amide bonds. The summed E-state index contributed by atoms with van der Waals surface area (Å²) in [5.74, 6) is 0. The third-order valence-corrected chi connectivity index (χ3v) is 1.46. The Kier molecular flexibility index (Phi) is 1.48. The summed E-state index contributed by atoms with van der Waals surface area (Å²) in [5, 5.41) is 13.9. The summed E-state index contributed by atoms with van der Waals surface area (Å²) in [6.45, 7) is 0. The van der Waals surface area contributed by atoms with Gasteiger partial charge in [0.05, 0.1) is 5.39 Å². The summed E-state index contributed by atoms with van der Waals surface area (Å²) in [6, 6.07) is 6.84. The highest BCUT2D eigenvalue weighted by atomic mass is 16.1. The van der Waals surface area contributed by atoms with E-state index in [1.54, 1.807) is 24.3 Å². The molecule has 0 saturated heterocycles. The maximum absolute atomic E-state index is 11.1. The summed E-state index contributed by atoms with van der Waals surface area (Å²) in [5.41, 5.74) is 0.100. The number of hydrogen-bond acceptors (Lipinski definition) is 5. The molecule has 5 nitrogen and oxygen atoms in total. The van der Waals surface area contributed by atoms with Crippen LogP contribution in [0, 0.1) is 0 Å². The molecule has 0 fully saturated rings. The van der Waals surface area contributed by atoms with Gasteiger partial charge in [-0.25, -0.2) is 0 Å². The maximum Gasteiger partial charge on any atom is 0.299 e. The Morgan fingerprint density at radius 3 is 2.67 bits per heavy atom. The Hall–Kier alpha value is -1.91. The predicted octanol–water partition coefficient (Wildman–Crippen LogP) is -0.220. The molecule has 0 bridgehead atoms. The molecule has 0 aliphatic carbocycles. The normalized spacial score (nSPS) is 10.0. The fraction of sp³-hybridized carbons (Fsp3) is 0. The number of benzene rings is 1. The smallest absolute Gasteiger partial charge is 0.265 e. The van der Waals surface area contributed by atoms with Crippen LogP contribution in [0.2, 0.25) is 0 Å². The number of hydrogen-bond donors (Lipinski definition) is 0. The van der Waals surface area contributed by atoms with Crippen LogP contribution in [0.25, 0.3) is 10.9 Å². The quantitative estimate of drug-likeness (QED) is 0.533. The van der Waals surface area contributed by atoms with E-state index >= 15 is 0 Å². The molecule has 12 heavy (non-hydrogen) atoms. The SMILES string of the molecule is O=c1nnnnc2ccccc12. The molecule has 2 rings (SSSR count). The summed E-state index contributed by atoms with van der Waals surface area (Å²) in [7, 11) is 0. The lowest BCUT2D eigenvalue weighted by Crippen LogP contribution is -2.02. The van der Waals surface area contributed by atoms with Gasteiger partial charge in [-0.15, -0.1) is 5.10 Å². The predicted molar refractivity (Wildman–Crippen MR) is 41.4 cm³/mol. The first-order valence-electron chi connectivity index (χ1n) is 3.33. The molecule has 0 aliphatic heterocycles. The van der Waals surface area contributed by atoms with E-state index in [1.807, 2.05) is 0 Å². The zero-order valence-electron chi connectivity index (χ0n) is 6.01. The van der Waals surface area contributed by atoms with Crippen molar-refractivity contribution in [1.29, 1.82) is 0 Å². The minimum Gasteiger partial charge on any atom is -0.265 e. The summed E-state index contributed by atoms with van der Waals surface area (Å²) in [6.07, 6.45) is 0. The first-order valence-corrected chi connectivity index (χ1v) is 3.33. The van der Waals surface area contributed by atoms with Gasteiger partial charge in [0.15, 0.2) is 0 Å². The van der Waals surface area contributed by atoms with Gasteiger partial charge in [0, 0.05) is 0 Å². The van der Waals surface area contributed by atoms with Crippen LogP contribution < -0.4 is 5.56 Å². The average Bonchev–Trinajstić information content (AvgIpc) is 2.29. The summed E-state index contributed by atoms with van der Waals surface area (Å²) in [4.78, 5) is 11.1. The Morgan fingerprint density at radius 1 is 1.00 bits per heavy atom. The van der Waals surface area contributed by atoms with Crippen molar-refractivity contribution in [2.24, 2.45) is 0 Å². The van der Waals surface area contributed by atoms with Crippen molar-refractivity contribution in [2.75, 3.05) is 0 Å². The van der Waals surface area contributed by atoms with Crippen LogP contribution in [0.5, 0.6) is 0 Å². The van der Waals surface area contributed by atoms with Crippen molar-refractivity contribution in [3.63, 3.8) is 0 Å². The van der Waals surface area contributed by atoms with Crippen LogP contribution in [0.15, 0.2) is 29.1 Å². The molecular weight excluding hydrogens is 156 g/mol. The topological polar surface area (TPSA) is 68.6 Å². The second-order valence-electron chi connectivity index (χ2n) is 2.20. The molecule has 5 heteroatoms. The van der Waals surface area contributed by atoms with E-state index < -0.39 is 5.56 Å². The average molecular weight is 160 g/mol. The third kappa shape index (κ3) is 1.01. The third-order valence-electron chi connectivity index (χ3n) is 1.46. The molecule has 1 aromatic heterocycles. The van der Waals surface area contributed by atoms with Gasteiger partial charge in [-0.2, -0.15) is 0 Å². The van der Waals surface area contributed by atoms with Crippen molar-refractivity contribution in [3.05, 3.63) is 34.6 Å². The van der Waals surface area contributed by atoms with E-state index in [9.17, 15) is 4.79 Å². The lowest BCUT2D eigenvalue weighted by molar-refractivity contribution is 0.800. The molecule has 1 aromatic carbocycles. The van der Waals surface area contributed by atoms with E-state index in [2.05, 4.69) is 20.6 Å². The minimum atomic E-state index is -0.407. The maximum atomic E-state index is 11.1. The largest absolute Gasteiger partial charge is 0.299 e. The molecule has 0 unspecified atom stereocenters. The van der Waals surface area contributed by atoms with Crippen LogP contribution in [0.1, 0.15) is 0 Å². The lowest BCUT2D eigenvalue weighted by Gasteiger charge is -1.83. The van der Waals surface area contributed by atoms with Gasteiger partial charge in [-0.3, -0.25) is 4.79 Å². The molecular formula is C7H4N4O. The highest BCUT2D eigenvalue weighted by Gasteiger charge is 1.95. The van der Waals surface area contributed by atoms with Crippen molar-refractivity contribution in [1.82, 2.24) is 20.6 Å². The second kappa shape index (κ2) is 2.61. The first kappa shape index (κ1) is 6.78. The molecule has 2 aromatic rings. The van der Waals surface area contributed by atoms with Crippen molar-refractivity contribution in [2.45, 2.75) is 0 Å². The van der Waals surface area contributed by atoms with E-state index in [1.165, 1.54) is 0 Å². The van der Waals surface area contributed by atoms with Gasteiger partial charge in [0.2, 0.25) is 0 Å². The number of aromatic nitrogens is 4. The number of fused-ring (bicyclic) bond motifs is 1. The number of rotatable bonds is 0. The first-order chi connectivity index (χ1) is 5.88. The van der Waals surface area contributed by atoms with E-state index in [4.69, 9.17) is 0 Å². The Bertz CT molecular complexity index is 470. The van der Waals surface area contributed by atoms with Gasteiger partial charge in [0.1, 0.15) is 5.52 Å². The highest BCUT2D eigenvalue weighted by Crippen LogP contribution is 2.00. The molecule has 0 spiro atoms. The van der Waals surface area contributed by atoms with Crippen molar-refractivity contribution in [3.8, 4) is 0 Å². The van der Waals surface area contributed by atoms with Gasteiger partial charge in [-0.1, -0.05) is 17.2 Å². The molecule has 0 N–H and O–H groups in total. The molecule has 0 saturated carbocycles. The molecule has 1 heterocycles. The Balaban J connectivity index is 3.06. The Labute approximate surface area is 67.1 Å². The zero-order valence-corrected chi connectivity index (χ0v) is 6.01. The van der Waals surface area contributed by atoms with Crippen LogP contribution in [0.4, 0.5) is 0 Å². The van der Waals surface area contributed by atoms with Gasteiger partial charge >= 0.3 is 0 Å². The fourth-order valence-corrected chi connectivity index (χ4v) is 0.924. The van der Waals surface area contributed by atoms with E-state index in [0.29, 0.717) is 10.9 Å². The molecule has 58 valence electrons. The number of nitrogens with zero attached hydrogens (tertiary/aromatic N) is 4. The van der Waals surface area contributed by atoms with Crippen molar-refractivity contribution < 1.29 is 0 Å². The summed E-state index contributed by atoms with van der Waals surface area (Å²) < 4.78 is 0. The van der Waals surface area contributed by atoms with Crippen LogP contribution in [-0.4, -0.2) is 20.6 Å². The van der Waals surface area contributed by atoms with Crippen LogP contribution in [0.3, 0.4) is 0 Å². The van der Waals surface area contributed by atoms with Gasteiger partial charge < -0.3 is 0 Å². The fourth-order valence-electron chi connectivity index (χ4n) is 0.924. The standard InChI is InChI=1S/C7H4N4O/c12-7-5-3-1-2-4-6(5)8-10-11-9-7/h1-4H. The second-order valence-corrected chi connectivity index (χ2v) is 2.20. The van der Waals surface area contributed by atoms with E-state index in [0.717, 1.165) is 0 Å².